The lowest BCUT2D eigenvalue weighted by molar-refractivity contribution is -0.157. The van der Waals surface area contributed by atoms with Gasteiger partial charge in [0.25, 0.3) is 5.92 Å². The quantitative estimate of drug-likeness (QED) is 0.594. The SMILES string of the molecule is CC(C)(C)C.Cc1ccc(C2CCN(C3CCN(C(=O)C4CC4)CC3(F)F)CC2)cc1. The maximum Gasteiger partial charge on any atom is 0.280 e. The first-order valence-corrected chi connectivity index (χ1v) is 11.9. The van der Waals surface area contributed by atoms with Crippen molar-refractivity contribution in [1.82, 2.24) is 9.80 Å². The van der Waals surface area contributed by atoms with Gasteiger partial charge in [0.1, 0.15) is 0 Å². The van der Waals surface area contributed by atoms with Gasteiger partial charge < -0.3 is 4.90 Å². The van der Waals surface area contributed by atoms with Crippen molar-refractivity contribution >= 4 is 5.91 Å². The highest BCUT2D eigenvalue weighted by molar-refractivity contribution is 5.81. The first-order chi connectivity index (χ1) is 14.4. The van der Waals surface area contributed by atoms with E-state index in [1.807, 2.05) is 4.90 Å². The standard InChI is InChI=1S/C21H28F2N2O.C5H12/c1-15-2-4-16(5-3-15)17-8-11-24(12-9-17)19-10-13-25(14-21(19,22)23)20(26)18-6-7-18;1-5(2,3)4/h2-5,17-19H,6-14H2,1H3;1-4H3. The van der Waals surface area contributed by atoms with Crippen LogP contribution in [0.1, 0.15) is 76.8 Å². The average molecular weight is 435 g/mol. The third-order valence-corrected chi connectivity index (χ3v) is 6.32. The number of carbonyl (C=O) groups excluding carboxylic acids is 1. The molecule has 5 heteroatoms. The second-order valence-electron chi connectivity index (χ2n) is 11.3. The lowest BCUT2D eigenvalue weighted by Gasteiger charge is -2.46. The first kappa shape index (κ1) is 24.2. The van der Waals surface area contributed by atoms with Gasteiger partial charge in [0.15, 0.2) is 0 Å². The number of amides is 1. The number of alkyl halides is 2. The lowest BCUT2D eigenvalue weighted by atomic mass is 9.87. The summed E-state index contributed by atoms with van der Waals surface area (Å²) in [6.45, 7) is 12.3. The predicted octanol–water partition coefficient (Wildman–Crippen LogP) is 5.87. The minimum atomic E-state index is -2.81. The molecule has 3 aliphatic rings. The highest BCUT2D eigenvalue weighted by Crippen LogP contribution is 2.38. The van der Waals surface area contributed by atoms with Crippen LogP contribution in [0.3, 0.4) is 0 Å². The number of aryl methyl sites for hydroxylation is 1. The van der Waals surface area contributed by atoms with Crippen molar-refractivity contribution in [2.24, 2.45) is 11.3 Å². The summed E-state index contributed by atoms with van der Waals surface area (Å²) in [4.78, 5) is 15.5. The summed E-state index contributed by atoms with van der Waals surface area (Å²) in [5.74, 6) is -2.37. The van der Waals surface area contributed by atoms with Gasteiger partial charge in [-0.15, -0.1) is 0 Å². The Balaban J connectivity index is 0.000000491. The van der Waals surface area contributed by atoms with Gasteiger partial charge in [0.2, 0.25) is 5.91 Å². The summed E-state index contributed by atoms with van der Waals surface area (Å²) in [6, 6.07) is 7.88. The molecule has 2 saturated heterocycles. The van der Waals surface area contributed by atoms with Gasteiger partial charge in [-0.3, -0.25) is 9.69 Å². The normalized spacial score (nSPS) is 25.0. The van der Waals surface area contributed by atoms with Gasteiger partial charge in [-0.2, -0.15) is 0 Å². The van der Waals surface area contributed by atoms with Gasteiger partial charge in [0, 0.05) is 12.5 Å². The highest BCUT2D eigenvalue weighted by atomic mass is 19.3. The maximum absolute atomic E-state index is 14.8. The van der Waals surface area contributed by atoms with Crippen LogP contribution in [-0.4, -0.2) is 53.9 Å². The van der Waals surface area contributed by atoms with Crippen LogP contribution < -0.4 is 0 Å². The molecule has 0 radical (unpaired) electrons. The molecule has 1 atom stereocenters. The maximum atomic E-state index is 14.8. The molecular formula is C26H40F2N2O. The minimum Gasteiger partial charge on any atom is -0.336 e. The summed E-state index contributed by atoms with van der Waals surface area (Å²) in [5, 5.41) is 0. The fraction of sp³-hybridized carbons (Fsp3) is 0.731. The van der Waals surface area contributed by atoms with Crippen molar-refractivity contribution in [1.29, 1.82) is 0 Å². The van der Waals surface area contributed by atoms with Crippen LogP contribution in [0.4, 0.5) is 8.78 Å². The number of hydrogen-bond acceptors (Lipinski definition) is 2. The Bertz CT molecular complexity index is 723. The highest BCUT2D eigenvalue weighted by Gasteiger charge is 2.50. The summed E-state index contributed by atoms with van der Waals surface area (Å²) in [7, 11) is 0. The van der Waals surface area contributed by atoms with E-state index < -0.39 is 18.5 Å². The van der Waals surface area contributed by atoms with Crippen LogP contribution in [0.15, 0.2) is 24.3 Å². The molecular weight excluding hydrogens is 394 g/mol. The Morgan fingerprint density at radius 1 is 0.935 bits per heavy atom. The number of piperidine rings is 2. The van der Waals surface area contributed by atoms with E-state index in [1.54, 1.807) is 0 Å². The Labute approximate surface area is 187 Å². The average Bonchev–Trinajstić information content (AvgIpc) is 3.51. The fourth-order valence-electron chi connectivity index (χ4n) is 4.54. The van der Waals surface area contributed by atoms with Crippen LogP contribution in [0, 0.1) is 18.3 Å². The van der Waals surface area contributed by atoms with Crippen LogP contribution in [0.5, 0.6) is 0 Å². The molecule has 3 nitrogen and oxygen atoms in total. The van der Waals surface area contributed by atoms with Crippen molar-refractivity contribution in [2.45, 2.75) is 84.6 Å². The van der Waals surface area contributed by atoms with Crippen LogP contribution in [0.2, 0.25) is 0 Å². The number of nitrogens with zero attached hydrogens (tertiary/aromatic N) is 2. The van der Waals surface area contributed by atoms with Gasteiger partial charge >= 0.3 is 0 Å². The van der Waals surface area contributed by atoms with Crippen LogP contribution >= 0.6 is 0 Å². The molecule has 1 saturated carbocycles. The summed E-state index contributed by atoms with van der Waals surface area (Å²) in [5.41, 5.74) is 3.07. The number of rotatable bonds is 3. The Morgan fingerprint density at radius 2 is 1.48 bits per heavy atom. The molecule has 1 amide bonds. The van der Waals surface area contributed by atoms with E-state index in [0.717, 1.165) is 38.8 Å². The van der Waals surface area contributed by atoms with Crippen molar-refractivity contribution in [3.63, 3.8) is 0 Å². The van der Waals surface area contributed by atoms with E-state index in [-0.39, 0.29) is 11.8 Å². The number of carbonyl (C=O) groups is 1. The molecule has 0 aromatic heterocycles. The Morgan fingerprint density at radius 3 is 1.97 bits per heavy atom. The molecule has 1 aromatic carbocycles. The van der Waals surface area contributed by atoms with Gasteiger partial charge in [-0.1, -0.05) is 57.5 Å². The number of hydrogen-bond donors (Lipinski definition) is 0. The monoisotopic (exact) mass is 434 g/mol. The number of benzene rings is 1. The number of halogens is 2. The Kier molecular flexibility index (Phi) is 7.45. The Hall–Kier alpha value is -1.49. The second-order valence-corrected chi connectivity index (χ2v) is 11.3. The van der Waals surface area contributed by atoms with Crippen LogP contribution in [-0.2, 0) is 4.79 Å². The molecule has 174 valence electrons. The molecule has 1 unspecified atom stereocenters. The van der Waals surface area contributed by atoms with E-state index in [4.69, 9.17) is 0 Å². The second kappa shape index (κ2) is 9.56. The third-order valence-electron chi connectivity index (χ3n) is 6.32. The topological polar surface area (TPSA) is 23.6 Å². The van der Waals surface area contributed by atoms with E-state index >= 15 is 0 Å². The number of likely N-dealkylation sites (tertiary alicyclic amines) is 2. The van der Waals surface area contributed by atoms with E-state index in [2.05, 4.69) is 58.9 Å². The van der Waals surface area contributed by atoms with E-state index in [0.29, 0.717) is 24.3 Å². The molecule has 1 aliphatic carbocycles. The van der Waals surface area contributed by atoms with E-state index in [1.165, 1.54) is 16.0 Å². The first-order valence-electron chi connectivity index (χ1n) is 11.9. The predicted molar refractivity (Wildman–Crippen MR) is 123 cm³/mol. The minimum absolute atomic E-state index is 0.0209. The van der Waals surface area contributed by atoms with Gasteiger partial charge in [-0.05, 0) is 69.0 Å². The van der Waals surface area contributed by atoms with Gasteiger partial charge in [0.05, 0.1) is 12.6 Å². The molecule has 2 aliphatic heterocycles. The summed E-state index contributed by atoms with van der Waals surface area (Å²) < 4.78 is 29.6. The molecule has 0 bridgehead atoms. The molecule has 3 fully saturated rings. The lowest BCUT2D eigenvalue weighted by Crippen LogP contribution is -2.60. The van der Waals surface area contributed by atoms with Crippen molar-refractivity contribution in [3.8, 4) is 0 Å². The van der Waals surface area contributed by atoms with Crippen molar-refractivity contribution < 1.29 is 13.6 Å². The fourth-order valence-corrected chi connectivity index (χ4v) is 4.54. The molecule has 0 N–H and O–H groups in total. The van der Waals surface area contributed by atoms with Crippen molar-refractivity contribution in [3.05, 3.63) is 35.4 Å². The zero-order valence-electron chi connectivity index (χ0n) is 20.0. The summed E-state index contributed by atoms with van der Waals surface area (Å²) in [6.07, 6.45) is 4.00. The van der Waals surface area contributed by atoms with E-state index in [9.17, 15) is 13.6 Å². The molecule has 1 aromatic rings. The molecule has 2 heterocycles. The molecule has 4 rings (SSSR count). The largest absolute Gasteiger partial charge is 0.336 e. The zero-order valence-corrected chi connectivity index (χ0v) is 20.0. The smallest absolute Gasteiger partial charge is 0.280 e. The third kappa shape index (κ3) is 7.00. The van der Waals surface area contributed by atoms with Crippen LogP contribution in [0.25, 0.3) is 0 Å². The molecule has 31 heavy (non-hydrogen) atoms. The molecule has 0 spiro atoms. The van der Waals surface area contributed by atoms with Crippen molar-refractivity contribution in [2.75, 3.05) is 26.2 Å². The summed E-state index contributed by atoms with van der Waals surface area (Å²) >= 11 is 0. The zero-order chi connectivity index (χ0) is 22.8. The van der Waals surface area contributed by atoms with Gasteiger partial charge in [-0.25, -0.2) is 8.78 Å².